The van der Waals surface area contributed by atoms with Gasteiger partial charge in [0.15, 0.2) is 0 Å². The zero-order chi connectivity index (χ0) is 11.8. The molecule has 8 nitrogen and oxygen atoms in total. The normalized spacial score (nSPS) is 12.0. The fourth-order valence-electron chi connectivity index (χ4n) is 0.775. The standard InChI is InChI=1S/C7H12N2O6/c10-5(11)2-1-4(7(14)15)9-8-3-6(12)13/h4,8-9H,1-3H2,(H,10,11)(H,12,13)(H,14,15)/t4-/m0/s1. The van der Waals surface area contributed by atoms with Crippen LogP contribution in [0.15, 0.2) is 0 Å². The molecule has 0 amide bonds. The van der Waals surface area contributed by atoms with Crippen molar-refractivity contribution < 1.29 is 29.7 Å². The van der Waals surface area contributed by atoms with Crippen molar-refractivity contribution in [3.05, 3.63) is 0 Å². The summed E-state index contributed by atoms with van der Waals surface area (Å²) in [5.41, 5.74) is 4.38. The summed E-state index contributed by atoms with van der Waals surface area (Å²) in [5, 5.41) is 25.2. The number of hydrogen-bond acceptors (Lipinski definition) is 5. The van der Waals surface area contributed by atoms with Gasteiger partial charge in [-0.3, -0.25) is 14.4 Å². The molecule has 8 heteroatoms. The molecule has 0 aromatic heterocycles. The van der Waals surface area contributed by atoms with Gasteiger partial charge < -0.3 is 15.3 Å². The summed E-state index contributed by atoms with van der Waals surface area (Å²) in [6.07, 6.45) is -0.435. The summed E-state index contributed by atoms with van der Waals surface area (Å²) in [4.78, 5) is 30.8. The van der Waals surface area contributed by atoms with Gasteiger partial charge in [-0.1, -0.05) is 0 Å². The number of carbonyl (C=O) groups is 3. The topological polar surface area (TPSA) is 136 Å². The Hall–Kier alpha value is -1.67. The average molecular weight is 220 g/mol. The molecule has 0 aliphatic carbocycles. The van der Waals surface area contributed by atoms with Crippen LogP contribution < -0.4 is 10.9 Å². The van der Waals surface area contributed by atoms with E-state index < -0.39 is 30.5 Å². The van der Waals surface area contributed by atoms with Gasteiger partial charge in [-0.15, -0.1) is 0 Å². The number of rotatable bonds is 8. The first-order chi connectivity index (χ1) is 6.93. The van der Waals surface area contributed by atoms with Gasteiger partial charge in [-0.05, 0) is 6.42 Å². The highest BCUT2D eigenvalue weighted by atomic mass is 16.4. The van der Waals surface area contributed by atoms with Gasteiger partial charge in [0.1, 0.15) is 12.6 Å². The second kappa shape index (κ2) is 6.74. The van der Waals surface area contributed by atoms with Crippen LogP contribution in [0.2, 0.25) is 0 Å². The molecule has 0 rings (SSSR count). The first kappa shape index (κ1) is 13.3. The molecule has 0 aromatic rings. The van der Waals surface area contributed by atoms with E-state index in [0.717, 1.165) is 0 Å². The first-order valence-corrected chi connectivity index (χ1v) is 4.08. The van der Waals surface area contributed by atoms with Gasteiger partial charge in [0.2, 0.25) is 0 Å². The summed E-state index contributed by atoms with van der Waals surface area (Å²) >= 11 is 0. The summed E-state index contributed by atoms with van der Waals surface area (Å²) in [6.45, 7) is -0.448. The van der Waals surface area contributed by atoms with Gasteiger partial charge >= 0.3 is 17.9 Å². The highest BCUT2D eigenvalue weighted by Crippen LogP contribution is 1.96. The predicted molar refractivity (Wildman–Crippen MR) is 47.1 cm³/mol. The van der Waals surface area contributed by atoms with Gasteiger partial charge in [0.05, 0.1) is 0 Å². The Morgan fingerprint density at radius 3 is 2.07 bits per heavy atom. The van der Waals surface area contributed by atoms with Crippen molar-refractivity contribution >= 4 is 17.9 Å². The zero-order valence-electron chi connectivity index (χ0n) is 7.77. The quantitative estimate of drug-likeness (QED) is 0.311. The second-order valence-corrected chi connectivity index (χ2v) is 2.71. The third-order valence-corrected chi connectivity index (χ3v) is 1.46. The molecule has 0 fully saturated rings. The molecular weight excluding hydrogens is 208 g/mol. The van der Waals surface area contributed by atoms with Crippen LogP contribution >= 0.6 is 0 Å². The van der Waals surface area contributed by atoms with Crippen molar-refractivity contribution in [2.24, 2.45) is 0 Å². The highest BCUT2D eigenvalue weighted by Gasteiger charge is 2.17. The predicted octanol–water partition coefficient (Wildman–Crippen LogP) is -1.52. The Morgan fingerprint density at radius 2 is 1.67 bits per heavy atom. The maximum absolute atomic E-state index is 10.5. The minimum absolute atomic E-state index is 0.128. The number of hydrazine groups is 1. The fourth-order valence-corrected chi connectivity index (χ4v) is 0.775. The van der Waals surface area contributed by atoms with Crippen LogP contribution in [0.4, 0.5) is 0 Å². The summed E-state index contributed by atoms with van der Waals surface area (Å²) in [6, 6.07) is -1.12. The molecule has 0 aromatic carbocycles. The van der Waals surface area contributed by atoms with Crippen molar-refractivity contribution in [3.8, 4) is 0 Å². The summed E-state index contributed by atoms with van der Waals surface area (Å²) in [5.74, 6) is -3.50. The van der Waals surface area contributed by atoms with Crippen molar-refractivity contribution in [3.63, 3.8) is 0 Å². The molecule has 0 saturated heterocycles. The third-order valence-electron chi connectivity index (χ3n) is 1.46. The molecule has 0 radical (unpaired) electrons. The third kappa shape index (κ3) is 7.40. The minimum atomic E-state index is -1.24. The lowest BCUT2D eigenvalue weighted by Crippen LogP contribution is -2.47. The van der Waals surface area contributed by atoms with Crippen LogP contribution in [-0.4, -0.2) is 45.8 Å². The van der Waals surface area contributed by atoms with Gasteiger partial charge in [0, 0.05) is 6.42 Å². The van der Waals surface area contributed by atoms with Gasteiger partial charge in [0.25, 0.3) is 0 Å². The Labute approximate surface area is 84.9 Å². The molecule has 0 unspecified atom stereocenters. The second-order valence-electron chi connectivity index (χ2n) is 2.71. The Bertz CT molecular complexity index is 254. The van der Waals surface area contributed by atoms with Crippen molar-refractivity contribution in [2.75, 3.05) is 6.54 Å². The Morgan fingerprint density at radius 1 is 1.07 bits per heavy atom. The number of aliphatic carboxylic acids is 3. The van der Waals surface area contributed by atoms with Crippen LogP contribution in [0.5, 0.6) is 0 Å². The van der Waals surface area contributed by atoms with E-state index >= 15 is 0 Å². The van der Waals surface area contributed by atoms with E-state index in [-0.39, 0.29) is 12.8 Å². The van der Waals surface area contributed by atoms with Crippen LogP contribution in [-0.2, 0) is 14.4 Å². The van der Waals surface area contributed by atoms with E-state index in [4.69, 9.17) is 15.3 Å². The molecule has 0 spiro atoms. The Balaban J connectivity index is 3.88. The van der Waals surface area contributed by atoms with Gasteiger partial charge in [-0.25, -0.2) is 10.9 Å². The largest absolute Gasteiger partial charge is 0.481 e. The van der Waals surface area contributed by atoms with E-state index in [1.807, 2.05) is 0 Å². The Kier molecular flexibility index (Phi) is 5.99. The van der Waals surface area contributed by atoms with E-state index in [1.54, 1.807) is 0 Å². The lowest BCUT2D eigenvalue weighted by molar-refractivity contribution is -0.142. The fraction of sp³-hybridized carbons (Fsp3) is 0.571. The van der Waals surface area contributed by atoms with E-state index in [0.29, 0.717) is 0 Å². The summed E-state index contributed by atoms with van der Waals surface area (Å²) < 4.78 is 0. The van der Waals surface area contributed by atoms with E-state index in [9.17, 15) is 14.4 Å². The van der Waals surface area contributed by atoms with Gasteiger partial charge in [-0.2, -0.15) is 0 Å². The first-order valence-electron chi connectivity index (χ1n) is 4.08. The zero-order valence-corrected chi connectivity index (χ0v) is 7.77. The molecule has 86 valence electrons. The molecular formula is C7H12N2O6. The average Bonchev–Trinajstić information content (AvgIpc) is 2.09. The molecule has 0 aliphatic heterocycles. The summed E-state index contributed by atoms with van der Waals surface area (Å²) in [7, 11) is 0. The monoisotopic (exact) mass is 220 g/mol. The number of carboxylic acids is 3. The van der Waals surface area contributed by atoms with Crippen LogP contribution in [0, 0.1) is 0 Å². The van der Waals surface area contributed by atoms with Crippen molar-refractivity contribution in [1.82, 2.24) is 10.9 Å². The van der Waals surface area contributed by atoms with Crippen LogP contribution in [0.1, 0.15) is 12.8 Å². The smallest absolute Gasteiger partial charge is 0.322 e. The SMILES string of the molecule is O=C(O)CC[C@H](NNCC(=O)O)C(=O)O. The maximum Gasteiger partial charge on any atom is 0.322 e. The van der Waals surface area contributed by atoms with Crippen LogP contribution in [0.25, 0.3) is 0 Å². The molecule has 1 atom stereocenters. The molecule has 0 saturated carbocycles. The molecule has 0 heterocycles. The number of carboxylic acid groups (broad SMARTS) is 3. The van der Waals surface area contributed by atoms with Crippen molar-refractivity contribution in [2.45, 2.75) is 18.9 Å². The molecule has 0 bridgehead atoms. The number of hydrogen-bond donors (Lipinski definition) is 5. The van der Waals surface area contributed by atoms with E-state index in [1.165, 1.54) is 0 Å². The molecule has 0 aliphatic rings. The molecule has 15 heavy (non-hydrogen) atoms. The van der Waals surface area contributed by atoms with E-state index in [2.05, 4.69) is 10.9 Å². The van der Waals surface area contributed by atoms with Crippen molar-refractivity contribution in [1.29, 1.82) is 0 Å². The minimum Gasteiger partial charge on any atom is -0.481 e. The lowest BCUT2D eigenvalue weighted by atomic mass is 10.2. The van der Waals surface area contributed by atoms with Crippen LogP contribution in [0.3, 0.4) is 0 Å². The number of nitrogens with one attached hydrogen (secondary N) is 2. The highest BCUT2D eigenvalue weighted by molar-refractivity contribution is 5.75. The molecule has 5 N–H and O–H groups in total. The lowest BCUT2D eigenvalue weighted by Gasteiger charge is -2.12. The maximum atomic E-state index is 10.5.